The molecule has 0 aliphatic rings. The number of esters is 1. The minimum Gasteiger partial charge on any atom is -0.459 e. The molecular weight excluding hydrogens is 286 g/mol. The Bertz CT molecular complexity index is 734. The topological polar surface area (TPSA) is 87.3 Å². The van der Waals surface area contributed by atoms with E-state index in [-0.39, 0.29) is 11.8 Å². The normalized spacial score (nSPS) is 10.8. The highest BCUT2D eigenvalue weighted by atomic mass is 16.6. The number of ether oxygens (including phenoxy) is 1. The van der Waals surface area contributed by atoms with Gasteiger partial charge in [0, 0.05) is 0 Å². The molecule has 0 N–H and O–H groups in total. The fourth-order valence-corrected chi connectivity index (χ4v) is 2.20. The molecule has 0 saturated heterocycles. The van der Waals surface area contributed by atoms with Crippen LogP contribution in [0, 0.1) is 24.0 Å². The van der Waals surface area contributed by atoms with Gasteiger partial charge in [0.25, 0.3) is 0 Å². The van der Waals surface area contributed by atoms with Gasteiger partial charge in [0.15, 0.2) is 0 Å². The smallest absolute Gasteiger partial charge is 0.338 e. The number of hydrogen-bond acceptors (Lipinski definition) is 5. The average molecular weight is 303 g/mol. The number of nitro groups is 1. The largest absolute Gasteiger partial charge is 0.459 e. The van der Waals surface area contributed by atoms with Crippen molar-refractivity contribution in [1.29, 1.82) is 0 Å². The lowest BCUT2D eigenvalue weighted by Crippen LogP contribution is -2.12. The quantitative estimate of drug-likeness (QED) is 0.492. The summed E-state index contributed by atoms with van der Waals surface area (Å²) in [4.78, 5) is 22.6. The van der Waals surface area contributed by atoms with Crippen LogP contribution in [0.5, 0.6) is 0 Å². The van der Waals surface area contributed by atoms with Crippen molar-refractivity contribution >= 4 is 11.7 Å². The number of carbonyl (C=O) groups is 1. The van der Waals surface area contributed by atoms with E-state index in [9.17, 15) is 14.9 Å². The summed E-state index contributed by atoms with van der Waals surface area (Å²) in [5.74, 6) is -0.437. The van der Waals surface area contributed by atoms with Gasteiger partial charge in [-0.1, -0.05) is 6.07 Å². The Hall–Kier alpha value is -2.70. The van der Waals surface area contributed by atoms with Gasteiger partial charge >= 0.3 is 11.7 Å². The minimum atomic E-state index is -0.453. The number of hydrogen-bond donors (Lipinski definition) is 0. The van der Waals surface area contributed by atoms with Crippen molar-refractivity contribution in [3.63, 3.8) is 0 Å². The highest BCUT2D eigenvalue weighted by Crippen LogP contribution is 2.25. The van der Waals surface area contributed by atoms with E-state index in [0.29, 0.717) is 22.6 Å². The van der Waals surface area contributed by atoms with Gasteiger partial charge in [0.05, 0.1) is 22.3 Å². The summed E-state index contributed by atoms with van der Waals surface area (Å²) in [7, 11) is 0. The predicted molar refractivity (Wildman–Crippen MR) is 80.2 cm³/mol. The Kier molecular flexibility index (Phi) is 4.25. The molecule has 2 aromatic rings. The summed E-state index contributed by atoms with van der Waals surface area (Å²) in [6.45, 7) is 6.74. The first-order valence-electron chi connectivity index (χ1n) is 6.83. The summed E-state index contributed by atoms with van der Waals surface area (Å²) >= 11 is 0. The van der Waals surface area contributed by atoms with Gasteiger partial charge in [-0.2, -0.15) is 5.10 Å². The number of nitrogens with zero attached hydrogens (tertiary/aromatic N) is 3. The van der Waals surface area contributed by atoms with Gasteiger partial charge in [0.2, 0.25) is 0 Å². The molecule has 0 bridgehead atoms. The zero-order valence-electron chi connectivity index (χ0n) is 12.9. The van der Waals surface area contributed by atoms with Gasteiger partial charge in [-0.25, -0.2) is 9.48 Å². The number of rotatable bonds is 4. The third kappa shape index (κ3) is 2.98. The van der Waals surface area contributed by atoms with Crippen molar-refractivity contribution in [2.75, 3.05) is 0 Å². The van der Waals surface area contributed by atoms with Crippen molar-refractivity contribution in [3.8, 4) is 5.69 Å². The van der Waals surface area contributed by atoms with Gasteiger partial charge in [0.1, 0.15) is 11.4 Å². The Balaban J connectivity index is 2.45. The van der Waals surface area contributed by atoms with Crippen molar-refractivity contribution < 1.29 is 14.5 Å². The van der Waals surface area contributed by atoms with Crippen LogP contribution in [0.3, 0.4) is 0 Å². The van der Waals surface area contributed by atoms with Crippen LogP contribution < -0.4 is 0 Å². The van der Waals surface area contributed by atoms with Gasteiger partial charge < -0.3 is 4.74 Å². The fraction of sp³-hybridized carbons (Fsp3) is 0.333. The van der Waals surface area contributed by atoms with Gasteiger partial charge in [-0.05, 0) is 45.9 Å². The van der Waals surface area contributed by atoms with Crippen LogP contribution in [0.15, 0.2) is 24.3 Å². The van der Waals surface area contributed by atoms with Crippen LogP contribution in [0.2, 0.25) is 0 Å². The third-order valence-electron chi connectivity index (χ3n) is 3.10. The first-order chi connectivity index (χ1) is 10.3. The van der Waals surface area contributed by atoms with E-state index < -0.39 is 10.9 Å². The number of aryl methyl sites for hydroxylation is 1. The molecule has 0 aliphatic carbocycles. The molecule has 116 valence electrons. The molecule has 0 aliphatic heterocycles. The second-order valence-corrected chi connectivity index (χ2v) is 5.19. The number of carbonyl (C=O) groups excluding carboxylic acids is 1. The van der Waals surface area contributed by atoms with Crippen molar-refractivity contribution in [3.05, 3.63) is 51.3 Å². The lowest BCUT2D eigenvalue weighted by molar-refractivity contribution is -0.386. The van der Waals surface area contributed by atoms with Crippen LogP contribution in [0.1, 0.15) is 35.6 Å². The average Bonchev–Trinajstić information content (AvgIpc) is 2.73. The number of aromatic nitrogens is 2. The maximum absolute atomic E-state index is 11.9. The van der Waals surface area contributed by atoms with E-state index in [1.54, 1.807) is 52.0 Å². The summed E-state index contributed by atoms with van der Waals surface area (Å²) in [6, 6.07) is 6.66. The molecular formula is C15H17N3O4. The Labute approximate surface area is 127 Å². The van der Waals surface area contributed by atoms with Crippen LogP contribution in [-0.2, 0) is 4.74 Å². The Morgan fingerprint density at radius 1 is 1.36 bits per heavy atom. The number of benzene rings is 1. The van der Waals surface area contributed by atoms with Crippen molar-refractivity contribution in [2.45, 2.75) is 33.8 Å². The molecule has 0 radical (unpaired) electrons. The van der Waals surface area contributed by atoms with Crippen molar-refractivity contribution in [2.24, 2.45) is 0 Å². The monoisotopic (exact) mass is 303 g/mol. The fourth-order valence-electron chi connectivity index (χ4n) is 2.20. The second kappa shape index (κ2) is 5.97. The molecule has 1 aromatic heterocycles. The van der Waals surface area contributed by atoms with E-state index >= 15 is 0 Å². The van der Waals surface area contributed by atoms with E-state index in [0.717, 1.165) is 0 Å². The molecule has 0 spiro atoms. The maximum Gasteiger partial charge on any atom is 0.338 e. The predicted octanol–water partition coefficient (Wildman–Crippen LogP) is 2.96. The maximum atomic E-state index is 11.9. The SMILES string of the molecule is Cc1nn(-c2cccc(C(=O)OC(C)C)c2)c(C)c1[N+](=O)[O-]. The molecule has 0 saturated carbocycles. The molecule has 0 fully saturated rings. The second-order valence-electron chi connectivity index (χ2n) is 5.19. The van der Waals surface area contributed by atoms with E-state index in [1.165, 1.54) is 4.68 Å². The van der Waals surface area contributed by atoms with Crippen molar-refractivity contribution in [1.82, 2.24) is 9.78 Å². The summed E-state index contributed by atoms with van der Waals surface area (Å²) < 4.78 is 6.61. The molecule has 1 aromatic carbocycles. The van der Waals surface area contributed by atoms with Crippen LogP contribution in [0.25, 0.3) is 5.69 Å². The highest BCUT2D eigenvalue weighted by molar-refractivity contribution is 5.90. The van der Waals surface area contributed by atoms with Gasteiger partial charge in [-0.15, -0.1) is 0 Å². The molecule has 2 rings (SSSR count). The molecule has 22 heavy (non-hydrogen) atoms. The standard InChI is InChI=1S/C15H17N3O4/c1-9(2)22-15(19)12-6-5-7-13(8-12)17-11(4)14(18(20)21)10(3)16-17/h5-9H,1-4H3. The first-order valence-corrected chi connectivity index (χ1v) is 6.83. The molecule has 0 unspecified atom stereocenters. The van der Waals surface area contributed by atoms with E-state index in [2.05, 4.69) is 5.10 Å². The lowest BCUT2D eigenvalue weighted by Gasteiger charge is -2.09. The Morgan fingerprint density at radius 2 is 2.05 bits per heavy atom. The molecule has 0 atom stereocenters. The van der Waals surface area contributed by atoms with E-state index in [1.807, 2.05) is 0 Å². The minimum absolute atomic E-state index is 0.0184. The van der Waals surface area contributed by atoms with Gasteiger partial charge in [-0.3, -0.25) is 10.1 Å². The molecule has 7 nitrogen and oxygen atoms in total. The third-order valence-corrected chi connectivity index (χ3v) is 3.10. The van der Waals surface area contributed by atoms with E-state index in [4.69, 9.17) is 4.74 Å². The Morgan fingerprint density at radius 3 is 2.59 bits per heavy atom. The molecule has 7 heteroatoms. The van der Waals surface area contributed by atoms with Crippen LogP contribution in [0.4, 0.5) is 5.69 Å². The first kappa shape index (κ1) is 15.7. The van der Waals surface area contributed by atoms with Crippen LogP contribution >= 0.6 is 0 Å². The van der Waals surface area contributed by atoms with Crippen LogP contribution in [-0.4, -0.2) is 26.8 Å². The highest BCUT2D eigenvalue weighted by Gasteiger charge is 2.22. The summed E-state index contributed by atoms with van der Waals surface area (Å²) in [6.07, 6.45) is -0.217. The summed E-state index contributed by atoms with van der Waals surface area (Å²) in [5, 5.41) is 15.2. The summed E-state index contributed by atoms with van der Waals surface area (Å²) in [5.41, 5.74) is 1.68. The zero-order valence-corrected chi connectivity index (χ0v) is 12.9. The lowest BCUT2D eigenvalue weighted by atomic mass is 10.2. The zero-order chi connectivity index (χ0) is 16.4. The molecule has 0 amide bonds. The molecule has 1 heterocycles.